The summed E-state index contributed by atoms with van der Waals surface area (Å²) in [5.74, 6) is -0.747. The molecule has 1 aliphatic heterocycles. The minimum Gasteiger partial charge on any atom is -0.324 e. The minimum atomic E-state index is -0.358. The molecule has 7 heteroatoms. The van der Waals surface area contributed by atoms with Gasteiger partial charge in [0.05, 0.1) is 5.69 Å². The molecule has 0 fully saturated rings. The molecule has 0 radical (unpaired) electrons. The van der Waals surface area contributed by atoms with E-state index in [4.69, 9.17) is 0 Å². The summed E-state index contributed by atoms with van der Waals surface area (Å²) in [5, 5.41) is 5.80. The predicted molar refractivity (Wildman–Crippen MR) is 105 cm³/mol. The Bertz CT molecular complexity index is 835. The zero-order chi connectivity index (χ0) is 18.0. The quantitative estimate of drug-likeness (QED) is 0.745. The maximum absolute atomic E-state index is 14.5. The average Bonchev–Trinajstić information content (AvgIpc) is 2.94. The molecule has 2 heterocycles. The van der Waals surface area contributed by atoms with E-state index in [0.717, 1.165) is 21.9 Å². The number of carbonyl (C=O) groups is 2. The minimum absolute atomic E-state index is 0. The number of nitrogens with one attached hydrogen (secondary N) is 2. The van der Waals surface area contributed by atoms with Gasteiger partial charge in [-0.3, -0.25) is 9.59 Å². The van der Waals surface area contributed by atoms with Gasteiger partial charge in [-0.1, -0.05) is 6.07 Å². The number of hydrogen-bond donors (Lipinski definition) is 2. The van der Waals surface area contributed by atoms with Crippen LogP contribution in [0.5, 0.6) is 0 Å². The van der Waals surface area contributed by atoms with Crippen molar-refractivity contribution < 1.29 is 14.0 Å². The fourth-order valence-corrected chi connectivity index (χ4v) is 4.05. The highest BCUT2D eigenvalue weighted by Gasteiger charge is 2.18. The van der Waals surface area contributed by atoms with Crippen LogP contribution in [0, 0.1) is 19.7 Å². The monoisotopic (exact) mass is 396 g/mol. The molecule has 0 atom stereocenters. The van der Waals surface area contributed by atoms with Crippen LogP contribution in [0.25, 0.3) is 0 Å². The number of Topliss-reactive ketones (excluding diaryl/α,β-unsaturated/α-hetero) is 1. The summed E-state index contributed by atoms with van der Waals surface area (Å²) in [5.41, 5.74) is 2.47. The number of amides is 1. The van der Waals surface area contributed by atoms with E-state index in [9.17, 15) is 14.0 Å². The van der Waals surface area contributed by atoms with Crippen LogP contribution in [0.4, 0.5) is 10.1 Å². The molecule has 1 aliphatic rings. The van der Waals surface area contributed by atoms with E-state index >= 15 is 0 Å². The van der Waals surface area contributed by atoms with Crippen molar-refractivity contribution in [1.29, 1.82) is 0 Å². The molecule has 0 saturated heterocycles. The highest BCUT2D eigenvalue weighted by molar-refractivity contribution is 7.12. The molecule has 0 aliphatic carbocycles. The number of ketones is 1. The van der Waals surface area contributed by atoms with Gasteiger partial charge >= 0.3 is 0 Å². The topological polar surface area (TPSA) is 58.2 Å². The molecule has 2 aromatic rings. The maximum Gasteiger partial charge on any atom is 0.224 e. The summed E-state index contributed by atoms with van der Waals surface area (Å²) in [6, 6.07) is 5.29. The molecule has 0 spiro atoms. The Labute approximate surface area is 162 Å². The van der Waals surface area contributed by atoms with Crippen LogP contribution in [-0.2, 0) is 17.8 Å². The summed E-state index contributed by atoms with van der Waals surface area (Å²) >= 11 is 1.57. The van der Waals surface area contributed by atoms with E-state index in [1.165, 1.54) is 0 Å². The SMILES string of the molecule is Cc1cc(C(=O)CCC(=O)Nc2ccc3c(c2F)CCNC3)c(C)s1.Cl. The van der Waals surface area contributed by atoms with Crippen LogP contribution in [-0.4, -0.2) is 18.2 Å². The molecule has 0 bridgehead atoms. The number of carbonyl (C=O) groups excluding carboxylic acids is 2. The highest BCUT2D eigenvalue weighted by atomic mass is 35.5. The fraction of sp³-hybridized carbons (Fsp3) is 0.368. The van der Waals surface area contributed by atoms with Crippen molar-refractivity contribution in [2.75, 3.05) is 11.9 Å². The Kier molecular flexibility index (Phi) is 6.92. The highest BCUT2D eigenvalue weighted by Crippen LogP contribution is 2.25. The Morgan fingerprint density at radius 1 is 1.27 bits per heavy atom. The van der Waals surface area contributed by atoms with Gasteiger partial charge in [-0.25, -0.2) is 4.39 Å². The Balaban J connectivity index is 0.00000243. The second-order valence-electron chi connectivity index (χ2n) is 6.29. The molecule has 1 amide bonds. The summed E-state index contributed by atoms with van der Waals surface area (Å²) in [4.78, 5) is 26.4. The Morgan fingerprint density at radius 2 is 2.04 bits per heavy atom. The van der Waals surface area contributed by atoms with E-state index < -0.39 is 0 Å². The van der Waals surface area contributed by atoms with Crippen LogP contribution in [0.1, 0.15) is 44.1 Å². The third-order valence-corrected chi connectivity index (χ3v) is 5.37. The summed E-state index contributed by atoms with van der Waals surface area (Å²) in [6.07, 6.45) is 0.782. The number of rotatable bonds is 5. The van der Waals surface area contributed by atoms with Gasteiger partial charge in [0.1, 0.15) is 5.82 Å². The molecule has 1 aromatic carbocycles. The van der Waals surface area contributed by atoms with Gasteiger partial charge in [-0.05, 0) is 50.1 Å². The Morgan fingerprint density at radius 3 is 2.73 bits per heavy atom. The van der Waals surface area contributed by atoms with Gasteiger partial charge in [0.25, 0.3) is 0 Å². The second-order valence-corrected chi connectivity index (χ2v) is 7.75. The number of hydrogen-bond acceptors (Lipinski definition) is 4. The molecule has 1 aromatic heterocycles. The van der Waals surface area contributed by atoms with Gasteiger partial charge in [0, 0.05) is 34.7 Å². The second kappa shape index (κ2) is 8.75. The van der Waals surface area contributed by atoms with Gasteiger partial charge < -0.3 is 10.6 Å². The molecule has 26 heavy (non-hydrogen) atoms. The summed E-state index contributed by atoms with van der Waals surface area (Å²) < 4.78 is 14.5. The number of benzene rings is 1. The molecule has 140 valence electrons. The van der Waals surface area contributed by atoms with Gasteiger partial charge in [-0.15, -0.1) is 23.7 Å². The third kappa shape index (κ3) is 4.50. The predicted octanol–water partition coefficient (Wildman–Crippen LogP) is 4.17. The zero-order valence-electron chi connectivity index (χ0n) is 14.8. The van der Waals surface area contributed by atoms with Crippen LogP contribution in [0.15, 0.2) is 18.2 Å². The van der Waals surface area contributed by atoms with Crippen LogP contribution in [0.3, 0.4) is 0 Å². The first kappa shape index (κ1) is 20.6. The number of fused-ring (bicyclic) bond motifs is 1. The molecule has 3 rings (SSSR count). The Hall–Kier alpha value is -1.76. The van der Waals surface area contributed by atoms with Crippen molar-refractivity contribution in [2.45, 2.75) is 39.7 Å². The van der Waals surface area contributed by atoms with Gasteiger partial charge in [-0.2, -0.15) is 0 Å². The standard InChI is InChI=1S/C19H21FN2O2S.ClH/c1-11-9-15(12(2)25-11)17(23)5-6-18(24)22-16-4-3-13-10-21-8-7-14(13)19(16)20;/h3-4,9,21H,5-8,10H2,1-2H3,(H,22,24);1H. The lowest BCUT2D eigenvalue weighted by molar-refractivity contribution is -0.116. The first-order chi connectivity index (χ1) is 12.0. The average molecular weight is 397 g/mol. The number of halogens is 2. The van der Waals surface area contributed by atoms with Crippen LogP contribution in [0.2, 0.25) is 0 Å². The van der Waals surface area contributed by atoms with Gasteiger partial charge in [0.15, 0.2) is 5.78 Å². The van der Waals surface area contributed by atoms with E-state index in [2.05, 4.69) is 10.6 Å². The molecule has 0 saturated carbocycles. The maximum atomic E-state index is 14.5. The van der Waals surface area contributed by atoms with Crippen molar-refractivity contribution in [3.63, 3.8) is 0 Å². The number of thiophene rings is 1. The number of anilines is 1. The summed E-state index contributed by atoms with van der Waals surface area (Å²) in [6.45, 7) is 5.24. The van der Waals surface area contributed by atoms with Crippen molar-refractivity contribution in [3.8, 4) is 0 Å². The first-order valence-electron chi connectivity index (χ1n) is 8.36. The van der Waals surface area contributed by atoms with Crippen molar-refractivity contribution in [1.82, 2.24) is 5.32 Å². The lowest BCUT2D eigenvalue weighted by Gasteiger charge is -2.19. The normalized spacial score (nSPS) is 12.9. The van der Waals surface area contributed by atoms with Crippen molar-refractivity contribution in [3.05, 3.63) is 50.5 Å². The molecular formula is C19H22ClFN2O2S. The summed E-state index contributed by atoms with van der Waals surface area (Å²) in [7, 11) is 0. The van der Waals surface area contributed by atoms with E-state index in [1.54, 1.807) is 17.4 Å². The molecule has 4 nitrogen and oxygen atoms in total. The van der Waals surface area contributed by atoms with Crippen LogP contribution < -0.4 is 10.6 Å². The largest absolute Gasteiger partial charge is 0.324 e. The van der Waals surface area contributed by atoms with Crippen molar-refractivity contribution in [2.24, 2.45) is 0 Å². The fourth-order valence-electron chi connectivity index (χ4n) is 3.11. The molecular weight excluding hydrogens is 375 g/mol. The van der Waals surface area contributed by atoms with Gasteiger partial charge in [0.2, 0.25) is 5.91 Å². The number of aryl methyl sites for hydroxylation is 2. The first-order valence-corrected chi connectivity index (χ1v) is 9.18. The smallest absolute Gasteiger partial charge is 0.224 e. The van der Waals surface area contributed by atoms with Crippen LogP contribution >= 0.6 is 23.7 Å². The lowest BCUT2D eigenvalue weighted by atomic mass is 9.99. The van der Waals surface area contributed by atoms with E-state index in [1.807, 2.05) is 26.0 Å². The van der Waals surface area contributed by atoms with E-state index in [0.29, 0.717) is 24.1 Å². The third-order valence-electron chi connectivity index (χ3n) is 4.40. The molecule has 2 N–H and O–H groups in total. The zero-order valence-corrected chi connectivity index (χ0v) is 16.4. The lowest BCUT2D eigenvalue weighted by Crippen LogP contribution is -2.25. The van der Waals surface area contributed by atoms with E-state index in [-0.39, 0.29) is 48.4 Å². The molecule has 0 unspecified atom stereocenters. The van der Waals surface area contributed by atoms with Crippen molar-refractivity contribution >= 4 is 41.1 Å².